The molecule has 2 aliphatic heterocycles. The Balaban J connectivity index is 1.99. The van der Waals surface area contributed by atoms with Gasteiger partial charge in [-0.05, 0) is 13.0 Å². The van der Waals surface area contributed by atoms with Gasteiger partial charge in [0.2, 0.25) is 0 Å². The molecule has 2 saturated heterocycles. The van der Waals surface area contributed by atoms with E-state index in [1.165, 1.54) is 0 Å². The second-order valence-corrected chi connectivity index (χ2v) is 4.15. The molecule has 0 aromatic carbocycles. The summed E-state index contributed by atoms with van der Waals surface area (Å²) < 4.78 is 5.28. The SMILES string of the molecule is O=C(O)C1CNCCC1N1CCOCC1. The Labute approximate surface area is 89.4 Å². The van der Waals surface area contributed by atoms with Gasteiger partial charge < -0.3 is 15.2 Å². The van der Waals surface area contributed by atoms with Crippen molar-refractivity contribution in [2.75, 3.05) is 39.4 Å². The molecule has 0 radical (unpaired) electrons. The first-order valence-electron chi connectivity index (χ1n) is 5.54. The largest absolute Gasteiger partial charge is 0.481 e. The maximum absolute atomic E-state index is 11.1. The standard InChI is InChI=1S/C10H18N2O3/c13-10(14)8-7-11-2-1-9(8)12-3-5-15-6-4-12/h8-9,11H,1-7H2,(H,13,14). The predicted octanol–water partition coefficient (Wildman–Crippen LogP) is -0.619. The van der Waals surface area contributed by atoms with E-state index in [0.717, 1.165) is 39.3 Å². The molecule has 5 nitrogen and oxygen atoms in total. The van der Waals surface area contributed by atoms with Crippen LogP contribution in [0.3, 0.4) is 0 Å². The number of rotatable bonds is 2. The van der Waals surface area contributed by atoms with Crippen molar-refractivity contribution in [3.63, 3.8) is 0 Å². The topological polar surface area (TPSA) is 61.8 Å². The van der Waals surface area contributed by atoms with Crippen LogP contribution in [-0.4, -0.2) is 61.4 Å². The highest BCUT2D eigenvalue weighted by Gasteiger charge is 2.35. The lowest BCUT2D eigenvalue weighted by Crippen LogP contribution is -2.55. The first-order valence-corrected chi connectivity index (χ1v) is 5.54. The van der Waals surface area contributed by atoms with E-state index in [-0.39, 0.29) is 12.0 Å². The van der Waals surface area contributed by atoms with Crippen LogP contribution in [0.25, 0.3) is 0 Å². The lowest BCUT2D eigenvalue weighted by molar-refractivity contribution is -0.145. The smallest absolute Gasteiger partial charge is 0.309 e. The minimum absolute atomic E-state index is 0.188. The van der Waals surface area contributed by atoms with E-state index in [1.807, 2.05) is 0 Å². The Morgan fingerprint density at radius 1 is 1.40 bits per heavy atom. The summed E-state index contributed by atoms with van der Waals surface area (Å²) in [5.41, 5.74) is 0. The molecule has 0 bridgehead atoms. The summed E-state index contributed by atoms with van der Waals surface area (Å²) in [6.07, 6.45) is 0.928. The van der Waals surface area contributed by atoms with E-state index in [1.54, 1.807) is 0 Å². The molecule has 2 fully saturated rings. The second kappa shape index (κ2) is 4.92. The fourth-order valence-electron chi connectivity index (χ4n) is 2.44. The number of carboxylic acid groups (broad SMARTS) is 1. The van der Waals surface area contributed by atoms with Crippen molar-refractivity contribution in [2.45, 2.75) is 12.5 Å². The lowest BCUT2D eigenvalue weighted by Gasteiger charge is -2.40. The summed E-state index contributed by atoms with van der Waals surface area (Å²) >= 11 is 0. The van der Waals surface area contributed by atoms with Gasteiger partial charge >= 0.3 is 5.97 Å². The summed E-state index contributed by atoms with van der Waals surface area (Å²) in [5.74, 6) is -0.949. The Morgan fingerprint density at radius 2 is 2.13 bits per heavy atom. The minimum Gasteiger partial charge on any atom is -0.481 e. The fraction of sp³-hybridized carbons (Fsp3) is 0.900. The van der Waals surface area contributed by atoms with Gasteiger partial charge in [0.25, 0.3) is 0 Å². The maximum Gasteiger partial charge on any atom is 0.309 e. The molecular formula is C10H18N2O3. The molecule has 2 aliphatic rings. The Bertz CT molecular complexity index is 229. The average Bonchev–Trinajstić information content (AvgIpc) is 2.30. The van der Waals surface area contributed by atoms with Gasteiger partial charge in [-0.3, -0.25) is 9.69 Å². The van der Waals surface area contributed by atoms with Gasteiger partial charge in [-0.15, -0.1) is 0 Å². The van der Waals surface area contributed by atoms with Gasteiger partial charge in [0.15, 0.2) is 0 Å². The van der Waals surface area contributed by atoms with E-state index in [4.69, 9.17) is 9.84 Å². The molecule has 0 aromatic rings. The zero-order valence-corrected chi connectivity index (χ0v) is 8.82. The number of carboxylic acids is 1. The number of aliphatic carboxylic acids is 1. The number of hydrogen-bond donors (Lipinski definition) is 2. The summed E-state index contributed by atoms with van der Waals surface area (Å²) in [4.78, 5) is 13.4. The van der Waals surface area contributed by atoms with Crippen LogP contribution in [-0.2, 0) is 9.53 Å². The highest BCUT2D eigenvalue weighted by atomic mass is 16.5. The zero-order valence-electron chi connectivity index (χ0n) is 8.82. The van der Waals surface area contributed by atoms with Crippen LogP contribution in [0.1, 0.15) is 6.42 Å². The number of piperidine rings is 1. The number of nitrogens with one attached hydrogen (secondary N) is 1. The zero-order chi connectivity index (χ0) is 10.7. The van der Waals surface area contributed by atoms with Crippen LogP contribution < -0.4 is 5.32 Å². The third kappa shape index (κ3) is 2.48. The van der Waals surface area contributed by atoms with Crippen molar-refractivity contribution in [1.82, 2.24) is 10.2 Å². The van der Waals surface area contributed by atoms with E-state index < -0.39 is 5.97 Å². The van der Waals surface area contributed by atoms with Crippen molar-refractivity contribution in [1.29, 1.82) is 0 Å². The molecule has 5 heteroatoms. The van der Waals surface area contributed by atoms with E-state index >= 15 is 0 Å². The quantitative estimate of drug-likeness (QED) is 0.641. The molecular weight excluding hydrogens is 196 g/mol. The summed E-state index contributed by atoms with van der Waals surface area (Å²) in [7, 11) is 0. The molecule has 0 aliphatic carbocycles. The fourth-order valence-corrected chi connectivity index (χ4v) is 2.44. The van der Waals surface area contributed by atoms with E-state index in [2.05, 4.69) is 10.2 Å². The van der Waals surface area contributed by atoms with Gasteiger partial charge in [-0.1, -0.05) is 0 Å². The highest BCUT2D eigenvalue weighted by Crippen LogP contribution is 2.19. The van der Waals surface area contributed by atoms with Gasteiger partial charge in [-0.2, -0.15) is 0 Å². The first-order chi connectivity index (χ1) is 7.29. The summed E-state index contributed by atoms with van der Waals surface area (Å²) in [6.45, 7) is 4.72. The van der Waals surface area contributed by atoms with Crippen molar-refractivity contribution in [2.24, 2.45) is 5.92 Å². The van der Waals surface area contributed by atoms with Crippen molar-refractivity contribution in [3.8, 4) is 0 Å². The summed E-state index contributed by atoms with van der Waals surface area (Å²) in [6, 6.07) is 0.188. The molecule has 2 unspecified atom stereocenters. The Kier molecular flexibility index (Phi) is 3.56. The molecule has 0 saturated carbocycles. The van der Waals surface area contributed by atoms with Crippen molar-refractivity contribution in [3.05, 3.63) is 0 Å². The third-order valence-corrected chi connectivity index (χ3v) is 3.28. The molecule has 2 N–H and O–H groups in total. The molecule has 2 rings (SSSR count). The second-order valence-electron chi connectivity index (χ2n) is 4.15. The van der Waals surface area contributed by atoms with Crippen LogP contribution in [0.2, 0.25) is 0 Å². The molecule has 2 atom stereocenters. The van der Waals surface area contributed by atoms with Crippen LogP contribution in [0.5, 0.6) is 0 Å². The van der Waals surface area contributed by atoms with Crippen molar-refractivity contribution < 1.29 is 14.6 Å². The van der Waals surface area contributed by atoms with Crippen LogP contribution in [0.4, 0.5) is 0 Å². The number of morpholine rings is 1. The van der Waals surface area contributed by atoms with Gasteiger partial charge in [0.1, 0.15) is 0 Å². The first kappa shape index (κ1) is 10.9. The van der Waals surface area contributed by atoms with Crippen LogP contribution in [0.15, 0.2) is 0 Å². The molecule has 0 amide bonds. The Hall–Kier alpha value is -0.650. The van der Waals surface area contributed by atoms with Crippen LogP contribution >= 0.6 is 0 Å². The normalized spacial score (nSPS) is 33.9. The Morgan fingerprint density at radius 3 is 2.80 bits per heavy atom. The van der Waals surface area contributed by atoms with Gasteiger partial charge in [0, 0.05) is 25.7 Å². The molecule has 86 valence electrons. The minimum atomic E-state index is -0.682. The molecule has 2 heterocycles. The molecule has 15 heavy (non-hydrogen) atoms. The maximum atomic E-state index is 11.1. The summed E-state index contributed by atoms with van der Waals surface area (Å²) in [5, 5.41) is 12.3. The average molecular weight is 214 g/mol. The van der Waals surface area contributed by atoms with Gasteiger partial charge in [0.05, 0.1) is 19.1 Å². The number of ether oxygens (including phenoxy) is 1. The van der Waals surface area contributed by atoms with Gasteiger partial charge in [-0.25, -0.2) is 0 Å². The predicted molar refractivity (Wildman–Crippen MR) is 54.8 cm³/mol. The highest BCUT2D eigenvalue weighted by molar-refractivity contribution is 5.71. The number of hydrogen-bond acceptors (Lipinski definition) is 4. The van der Waals surface area contributed by atoms with Crippen LogP contribution in [0, 0.1) is 5.92 Å². The number of nitrogens with zero attached hydrogens (tertiary/aromatic N) is 1. The van der Waals surface area contributed by atoms with E-state index in [9.17, 15) is 4.79 Å². The van der Waals surface area contributed by atoms with E-state index in [0.29, 0.717) is 6.54 Å². The monoisotopic (exact) mass is 214 g/mol. The lowest BCUT2D eigenvalue weighted by atomic mass is 9.92. The number of carbonyl (C=O) groups is 1. The molecule has 0 spiro atoms. The van der Waals surface area contributed by atoms with Crippen molar-refractivity contribution >= 4 is 5.97 Å². The molecule has 0 aromatic heterocycles. The third-order valence-electron chi connectivity index (χ3n) is 3.28.